The number of carbonyl (C=O) groups excluding carboxylic acids is 1. The zero-order valence-corrected chi connectivity index (χ0v) is 16.7. The van der Waals surface area contributed by atoms with Crippen LogP contribution in [0, 0.1) is 12.8 Å². The molecule has 27 heavy (non-hydrogen) atoms. The summed E-state index contributed by atoms with van der Waals surface area (Å²) in [5, 5.41) is 0. The Morgan fingerprint density at radius 3 is 2.63 bits per heavy atom. The molecule has 146 valence electrons. The minimum atomic E-state index is -0.0710. The second-order valence-corrected chi connectivity index (χ2v) is 7.57. The highest BCUT2D eigenvalue weighted by atomic mass is 16.5. The molecule has 1 aromatic carbocycles. The van der Waals surface area contributed by atoms with Gasteiger partial charge in [0.15, 0.2) is 0 Å². The first-order chi connectivity index (χ1) is 13.1. The van der Waals surface area contributed by atoms with E-state index in [2.05, 4.69) is 16.5 Å². The van der Waals surface area contributed by atoms with Crippen LogP contribution in [0.25, 0.3) is 0 Å². The van der Waals surface area contributed by atoms with E-state index in [1.54, 1.807) is 7.11 Å². The van der Waals surface area contributed by atoms with Crippen molar-refractivity contribution >= 4 is 5.91 Å². The van der Waals surface area contributed by atoms with E-state index in [9.17, 15) is 4.79 Å². The fraction of sp³-hybridized carbons (Fsp3) is 0.545. The maximum atomic E-state index is 12.8. The van der Waals surface area contributed by atoms with Crippen molar-refractivity contribution in [2.24, 2.45) is 5.92 Å². The van der Waals surface area contributed by atoms with Crippen LogP contribution in [0.15, 0.2) is 36.5 Å². The molecule has 0 spiro atoms. The Balaban J connectivity index is 1.54. The maximum absolute atomic E-state index is 12.8. The van der Waals surface area contributed by atoms with E-state index in [0.29, 0.717) is 12.5 Å². The second kappa shape index (κ2) is 9.18. The molecule has 2 heterocycles. The first kappa shape index (κ1) is 19.6. The summed E-state index contributed by atoms with van der Waals surface area (Å²) in [4.78, 5) is 19.5. The van der Waals surface area contributed by atoms with Crippen LogP contribution in [0.3, 0.4) is 0 Å². The minimum absolute atomic E-state index is 0.0710. The highest BCUT2D eigenvalue weighted by Crippen LogP contribution is 2.25. The van der Waals surface area contributed by atoms with Gasteiger partial charge in [-0.15, -0.1) is 0 Å². The average Bonchev–Trinajstić information content (AvgIpc) is 3.05. The summed E-state index contributed by atoms with van der Waals surface area (Å²) in [5.41, 5.74) is 2.28. The number of aromatic nitrogens is 2. The number of piperidine rings is 1. The third-order valence-electron chi connectivity index (χ3n) is 5.72. The number of rotatable bonds is 7. The van der Waals surface area contributed by atoms with Gasteiger partial charge in [-0.2, -0.15) is 0 Å². The van der Waals surface area contributed by atoms with E-state index in [4.69, 9.17) is 4.74 Å². The summed E-state index contributed by atoms with van der Waals surface area (Å²) < 4.78 is 7.48. The first-order valence-electron chi connectivity index (χ1n) is 9.93. The van der Waals surface area contributed by atoms with Gasteiger partial charge in [-0.1, -0.05) is 30.3 Å². The Morgan fingerprint density at radius 1 is 1.26 bits per heavy atom. The van der Waals surface area contributed by atoms with Crippen molar-refractivity contribution in [2.45, 2.75) is 45.6 Å². The van der Waals surface area contributed by atoms with Gasteiger partial charge in [-0.05, 0) is 38.2 Å². The molecule has 0 radical (unpaired) electrons. The van der Waals surface area contributed by atoms with E-state index in [-0.39, 0.29) is 11.8 Å². The lowest BCUT2D eigenvalue weighted by Crippen LogP contribution is -2.41. The highest BCUT2D eigenvalue weighted by Gasteiger charge is 2.27. The fourth-order valence-corrected chi connectivity index (χ4v) is 3.94. The molecule has 0 aliphatic carbocycles. The predicted molar refractivity (Wildman–Crippen MR) is 107 cm³/mol. The van der Waals surface area contributed by atoms with E-state index in [1.165, 1.54) is 5.69 Å². The molecule has 2 aromatic rings. The summed E-state index contributed by atoms with van der Waals surface area (Å²) in [6, 6.07) is 10.1. The minimum Gasteiger partial charge on any atom is -0.383 e. The zero-order chi connectivity index (χ0) is 19.2. The molecule has 3 rings (SSSR count). The van der Waals surface area contributed by atoms with Gasteiger partial charge in [-0.25, -0.2) is 4.98 Å². The molecule has 1 saturated heterocycles. The monoisotopic (exact) mass is 369 g/mol. The Bertz CT molecular complexity index is 733. The van der Waals surface area contributed by atoms with Crippen LogP contribution in [-0.2, 0) is 22.5 Å². The van der Waals surface area contributed by atoms with Crippen molar-refractivity contribution in [1.82, 2.24) is 14.5 Å². The second-order valence-electron chi connectivity index (χ2n) is 7.57. The van der Waals surface area contributed by atoms with E-state index in [0.717, 1.165) is 50.3 Å². The van der Waals surface area contributed by atoms with E-state index < -0.39 is 0 Å². The van der Waals surface area contributed by atoms with Crippen molar-refractivity contribution in [3.63, 3.8) is 0 Å². The number of aryl methyl sites for hydroxylation is 1. The average molecular weight is 370 g/mol. The largest absolute Gasteiger partial charge is 0.383 e. The molecule has 0 bridgehead atoms. The molecule has 1 fully saturated rings. The molecular weight excluding hydrogens is 338 g/mol. The standard InChI is InChI=1S/C22H31N3O2/c1-17-16-23-21(25(17)13-14-27-3)15-19-9-11-24(12-10-19)22(26)18(2)20-7-5-4-6-8-20/h4-8,16,18-19H,9-15H2,1-3H3. The highest BCUT2D eigenvalue weighted by molar-refractivity contribution is 5.83. The molecule has 1 atom stereocenters. The number of carbonyl (C=O) groups is 1. The summed E-state index contributed by atoms with van der Waals surface area (Å²) in [6.07, 6.45) is 5.02. The molecule has 0 N–H and O–H groups in total. The zero-order valence-electron chi connectivity index (χ0n) is 16.7. The lowest BCUT2D eigenvalue weighted by atomic mass is 9.91. The SMILES string of the molecule is COCCn1c(C)cnc1CC1CCN(C(=O)C(C)c2ccccc2)CC1. The molecule has 1 aromatic heterocycles. The molecule has 5 heteroatoms. The number of nitrogens with zero attached hydrogens (tertiary/aromatic N) is 3. The number of hydrogen-bond acceptors (Lipinski definition) is 3. The number of hydrogen-bond donors (Lipinski definition) is 0. The van der Waals surface area contributed by atoms with Crippen LogP contribution in [0.5, 0.6) is 0 Å². The van der Waals surface area contributed by atoms with Gasteiger partial charge in [0.2, 0.25) is 5.91 Å². The van der Waals surface area contributed by atoms with Gasteiger partial charge >= 0.3 is 0 Å². The summed E-state index contributed by atoms with van der Waals surface area (Å²) in [7, 11) is 1.73. The number of methoxy groups -OCH3 is 1. The van der Waals surface area contributed by atoms with Gasteiger partial charge in [0.05, 0.1) is 12.5 Å². The van der Waals surface area contributed by atoms with Gasteiger partial charge in [0.1, 0.15) is 5.82 Å². The van der Waals surface area contributed by atoms with E-state index >= 15 is 0 Å². The molecule has 1 aliphatic rings. The normalized spacial score (nSPS) is 16.5. The van der Waals surface area contributed by atoms with Crippen molar-refractivity contribution in [1.29, 1.82) is 0 Å². The third kappa shape index (κ3) is 4.78. The van der Waals surface area contributed by atoms with Gasteiger partial charge in [-0.3, -0.25) is 4.79 Å². The van der Waals surface area contributed by atoms with E-state index in [1.807, 2.05) is 48.4 Å². The molecule has 1 amide bonds. The number of likely N-dealkylation sites (tertiary alicyclic amines) is 1. The van der Waals surface area contributed by atoms with Crippen LogP contribution in [0.2, 0.25) is 0 Å². The molecule has 1 aliphatic heterocycles. The Kier molecular flexibility index (Phi) is 6.67. The van der Waals surface area contributed by atoms with Crippen molar-refractivity contribution in [2.75, 3.05) is 26.8 Å². The quantitative estimate of drug-likeness (QED) is 0.751. The van der Waals surface area contributed by atoms with Crippen molar-refractivity contribution < 1.29 is 9.53 Å². The number of benzene rings is 1. The van der Waals surface area contributed by atoms with Gasteiger partial charge < -0.3 is 14.2 Å². The summed E-state index contributed by atoms with van der Waals surface area (Å²) in [6.45, 7) is 7.35. The van der Waals surface area contributed by atoms with Gasteiger partial charge in [0, 0.05) is 45.1 Å². The molecule has 5 nitrogen and oxygen atoms in total. The van der Waals surface area contributed by atoms with Crippen LogP contribution in [0.1, 0.15) is 42.8 Å². The number of amides is 1. The van der Waals surface area contributed by atoms with Crippen molar-refractivity contribution in [3.8, 4) is 0 Å². The Morgan fingerprint density at radius 2 is 1.96 bits per heavy atom. The predicted octanol–water partition coefficient (Wildman–Crippen LogP) is 3.42. The maximum Gasteiger partial charge on any atom is 0.229 e. The third-order valence-corrected chi connectivity index (χ3v) is 5.72. The van der Waals surface area contributed by atoms with Crippen LogP contribution in [0.4, 0.5) is 0 Å². The van der Waals surface area contributed by atoms with Crippen LogP contribution < -0.4 is 0 Å². The molecule has 1 unspecified atom stereocenters. The van der Waals surface area contributed by atoms with Crippen LogP contribution >= 0.6 is 0 Å². The summed E-state index contributed by atoms with van der Waals surface area (Å²) in [5.74, 6) is 1.91. The van der Waals surface area contributed by atoms with Crippen molar-refractivity contribution in [3.05, 3.63) is 53.6 Å². The smallest absolute Gasteiger partial charge is 0.229 e. The molecular formula is C22H31N3O2. The molecule has 0 saturated carbocycles. The van der Waals surface area contributed by atoms with Gasteiger partial charge in [0.25, 0.3) is 0 Å². The number of ether oxygens (including phenoxy) is 1. The lowest BCUT2D eigenvalue weighted by Gasteiger charge is -2.33. The summed E-state index contributed by atoms with van der Waals surface area (Å²) >= 11 is 0. The Hall–Kier alpha value is -2.14. The Labute approximate surface area is 162 Å². The topological polar surface area (TPSA) is 47.4 Å². The number of imidazole rings is 1. The lowest BCUT2D eigenvalue weighted by molar-refractivity contribution is -0.133. The first-order valence-corrected chi connectivity index (χ1v) is 9.93. The van der Waals surface area contributed by atoms with Crippen LogP contribution in [-0.4, -0.2) is 47.2 Å². The fourth-order valence-electron chi connectivity index (χ4n) is 3.94.